The lowest BCUT2D eigenvalue weighted by Crippen LogP contribution is -2.43. The monoisotopic (exact) mass is 671 g/mol. The highest BCUT2D eigenvalue weighted by Gasteiger charge is 2.25. The summed E-state index contributed by atoms with van der Waals surface area (Å²) in [5.74, 6) is 1.43. The summed E-state index contributed by atoms with van der Waals surface area (Å²) in [6.45, 7) is 10.0. The molecule has 0 spiro atoms. The van der Waals surface area contributed by atoms with Crippen molar-refractivity contribution < 1.29 is 19.1 Å². The molecule has 0 aliphatic heterocycles. The van der Waals surface area contributed by atoms with E-state index in [1.54, 1.807) is 7.11 Å². The van der Waals surface area contributed by atoms with E-state index in [9.17, 15) is 9.59 Å². The molecule has 260 valence electrons. The van der Waals surface area contributed by atoms with Crippen LogP contribution in [0, 0.1) is 5.92 Å². The lowest BCUT2D eigenvalue weighted by Gasteiger charge is -2.22. The van der Waals surface area contributed by atoms with E-state index >= 15 is 0 Å². The molecule has 0 saturated heterocycles. The fourth-order valence-electron chi connectivity index (χ4n) is 6.24. The summed E-state index contributed by atoms with van der Waals surface area (Å²) in [4.78, 5) is 35.4. The smallest absolute Gasteiger partial charge is 0.252 e. The van der Waals surface area contributed by atoms with Crippen molar-refractivity contribution in [2.45, 2.75) is 59.1 Å². The third kappa shape index (κ3) is 10.0. The molecule has 50 heavy (non-hydrogen) atoms. The van der Waals surface area contributed by atoms with Gasteiger partial charge in [-0.1, -0.05) is 81.4 Å². The number of methoxy groups -OCH3 is 1. The standard InChI is InChI=1S/C43H49N3O4/c1-5-46(6-2)26-12-13-31(3)27-42(47)41(28-32-18-22-36(23-19-32)50-30-33-14-8-7-9-15-33)45-43(48)38-29-40(34-20-24-35(49-4)25-21-34)44-39-17-11-10-16-37(38)39/h7-11,14-25,29,31,41H,5-6,12-13,26-28,30H2,1-4H3,(H,45,48). The van der Waals surface area contributed by atoms with Crippen LogP contribution in [0.5, 0.6) is 11.5 Å². The Hall–Kier alpha value is -5.01. The first-order valence-electron chi connectivity index (χ1n) is 17.7. The zero-order chi connectivity index (χ0) is 35.3. The molecule has 0 aliphatic carbocycles. The molecule has 1 amide bonds. The number of nitrogens with one attached hydrogen (secondary N) is 1. The SMILES string of the molecule is CCN(CC)CCCC(C)CC(=O)C(Cc1ccc(OCc2ccccc2)cc1)NC(=O)c1cc(-c2ccc(OC)cc2)nc2ccccc12. The number of carbonyl (C=O) groups is 2. The first kappa shape index (κ1) is 36.3. The topological polar surface area (TPSA) is 80.8 Å². The minimum Gasteiger partial charge on any atom is -0.497 e. The Labute approximate surface area is 296 Å². The van der Waals surface area contributed by atoms with Gasteiger partial charge in [-0.05, 0) is 104 Å². The van der Waals surface area contributed by atoms with Crippen LogP contribution in [0.2, 0.25) is 0 Å². The number of benzene rings is 4. The average molecular weight is 672 g/mol. The molecule has 0 bridgehead atoms. The second-order valence-electron chi connectivity index (χ2n) is 12.9. The molecule has 1 N–H and O–H groups in total. The molecule has 1 heterocycles. The van der Waals surface area contributed by atoms with Gasteiger partial charge < -0.3 is 19.7 Å². The lowest BCUT2D eigenvalue weighted by molar-refractivity contribution is -0.121. The Morgan fingerprint density at radius 3 is 2.20 bits per heavy atom. The minimum atomic E-state index is -0.694. The second kappa shape index (κ2) is 18.1. The van der Waals surface area contributed by atoms with Crippen molar-refractivity contribution in [3.05, 3.63) is 126 Å². The normalized spacial score (nSPS) is 12.4. The predicted octanol–water partition coefficient (Wildman–Crippen LogP) is 8.55. The second-order valence-corrected chi connectivity index (χ2v) is 12.9. The van der Waals surface area contributed by atoms with Crippen molar-refractivity contribution in [1.82, 2.24) is 15.2 Å². The number of amides is 1. The number of hydrogen-bond donors (Lipinski definition) is 1. The maximum Gasteiger partial charge on any atom is 0.252 e. The Bertz CT molecular complexity index is 1820. The van der Waals surface area contributed by atoms with Crippen LogP contribution in [-0.2, 0) is 17.8 Å². The summed E-state index contributed by atoms with van der Waals surface area (Å²) in [7, 11) is 1.63. The molecule has 5 rings (SSSR count). The summed E-state index contributed by atoms with van der Waals surface area (Å²) in [5, 5.41) is 3.89. The molecule has 7 heteroatoms. The van der Waals surface area contributed by atoms with Gasteiger partial charge in [0.2, 0.25) is 0 Å². The predicted molar refractivity (Wildman–Crippen MR) is 202 cm³/mol. The molecule has 4 aromatic carbocycles. The van der Waals surface area contributed by atoms with Crippen LogP contribution in [0.4, 0.5) is 0 Å². The van der Waals surface area contributed by atoms with Gasteiger partial charge in [-0.2, -0.15) is 0 Å². The average Bonchev–Trinajstić information content (AvgIpc) is 3.16. The van der Waals surface area contributed by atoms with E-state index < -0.39 is 6.04 Å². The number of fused-ring (bicyclic) bond motifs is 1. The Balaban J connectivity index is 1.36. The molecular formula is C43H49N3O4. The highest BCUT2D eigenvalue weighted by molar-refractivity contribution is 6.08. The van der Waals surface area contributed by atoms with Crippen molar-refractivity contribution in [2.24, 2.45) is 5.92 Å². The molecular weight excluding hydrogens is 622 g/mol. The van der Waals surface area contributed by atoms with Crippen LogP contribution in [0.25, 0.3) is 22.2 Å². The van der Waals surface area contributed by atoms with Crippen LogP contribution in [0.15, 0.2) is 109 Å². The third-order valence-electron chi connectivity index (χ3n) is 9.27. The van der Waals surface area contributed by atoms with Gasteiger partial charge in [-0.25, -0.2) is 4.98 Å². The number of carbonyl (C=O) groups excluding carboxylic acids is 2. The number of rotatable bonds is 18. The summed E-state index contributed by atoms with van der Waals surface area (Å²) >= 11 is 0. The van der Waals surface area contributed by atoms with E-state index in [1.807, 2.05) is 109 Å². The highest BCUT2D eigenvalue weighted by Crippen LogP contribution is 2.27. The first-order chi connectivity index (χ1) is 24.4. The number of ether oxygens (including phenoxy) is 2. The molecule has 7 nitrogen and oxygen atoms in total. The van der Waals surface area contributed by atoms with Crippen molar-refractivity contribution >= 4 is 22.6 Å². The van der Waals surface area contributed by atoms with E-state index in [2.05, 4.69) is 31.0 Å². The zero-order valence-corrected chi connectivity index (χ0v) is 29.7. The minimum absolute atomic E-state index is 0.0341. The number of pyridine rings is 1. The Kier molecular flexibility index (Phi) is 13.1. The summed E-state index contributed by atoms with van der Waals surface area (Å²) in [6, 6.07) is 34.2. The van der Waals surface area contributed by atoms with Crippen LogP contribution in [0.3, 0.4) is 0 Å². The van der Waals surface area contributed by atoms with Crippen molar-refractivity contribution in [1.29, 1.82) is 0 Å². The maximum absolute atomic E-state index is 14.2. The summed E-state index contributed by atoms with van der Waals surface area (Å²) in [6.07, 6.45) is 2.77. The number of aromatic nitrogens is 1. The van der Waals surface area contributed by atoms with E-state index in [0.29, 0.717) is 36.2 Å². The van der Waals surface area contributed by atoms with E-state index in [-0.39, 0.29) is 17.6 Å². The third-order valence-corrected chi connectivity index (χ3v) is 9.27. The fourth-order valence-corrected chi connectivity index (χ4v) is 6.24. The van der Waals surface area contributed by atoms with Gasteiger partial charge in [0.1, 0.15) is 18.1 Å². The van der Waals surface area contributed by atoms with Gasteiger partial charge in [0, 0.05) is 17.4 Å². The largest absolute Gasteiger partial charge is 0.497 e. The molecule has 0 aliphatic rings. The molecule has 5 aromatic rings. The fraction of sp³-hybridized carbons (Fsp3) is 0.326. The Morgan fingerprint density at radius 2 is 1.50 bits per heavy atom. The van der Waals surface area contributed by atoms with Crippen LogP contribution >= 0.6 is 0 Å². The van der Waals surface area contributed by atoms with Crippen molar-refractivity contribution in [3.8, 4) is 22.8 Å². The van der Waals surface area contributed by atoms with E-state index in [0.717, 1.165) is 66.1 Å². The molecule has 2 unspecified atom stereocenters. The number of Topliss-reactive ketones (excluding diaryl/α,β-unsaturated/α-hetero) is 1. The van der Waals surface area contributed by atoms with Gasteiger partial charge in [-0.15, -0.1) is 0 Å². The molecule has 1 aromatic heterocycles. The van der Waals surface area contributed by atoms with Crippen LogP contribution in [-0.4, -0.2) is 54.4 Å². The quantitative estimate of drug-likeness (QED) is 0.101. The number of ketones is 1. The van der Waals surface area contributed by atoms with Gasteiger partial charge in [0.25, 0.3) is 5.91 Å². The summed E-state index contributed by atoms with van der Waals surface area (Å²) in [5.41, 5.74) is 4.77. The van der Waals surface area contributed by atoms with E-state index in [4.69, 9.17) is 14.5 Å². The van der Waals surface area contributed by atoms with Crippen molar-refractivity contribution in [3.63, 3.8) is 0 Å². The van der Waals surface area contributed by atoms with Gasteiger partial charge in [0.15, 0.2) is 5.78 Å². The van der Waals surface area contributed by atoms with Crippen molar-refractivity contribution in [2.75, 3.05) is 26.7 Å². The first-order valence-corrected chi connectivity index (χ1v) is 17.7. The van der Waals surface area contributed by atoms with Gasteiger partial charge in [0.05, 0.1) is 29.9 Å². The molecule has 0 radical (unpaired) electrons. The number of nitrogens with zero attached hydrogens (tertiary/aromatic N) is 2. The van der Waals surface area contributed by atoms with Crippen LogP contribution in [0.1, 0.15) is 61.5 Å². The van der Waals surface area contributed by atoms with Gasteiger partial charge in [-0.3, -0.25) is 9.59 Å². The number of para-hydroxylation sites is 1. The zero-order valence-electron chi connectivity index (χ0n) is 29.7. The lowest BCUT2D eigenvalue weighted by atomic mass is 9.92. The van der Waals surface area contributed by atoms with Crippen LogP contribution < -0.4 is 14.8 Å². The highest BCUT2D eigenvalue weighted by atomic mass is 16.5. The molecule has 0 fully saturated rings. The molecule has 0 saturated carbocycles. The Morgan fingerprint density at radius 1 is 0.820 bits per heavy atom. The maximum atomic E-state index is 14.2. The molecule has 2 atom stereocenters. The number of hydrogen-bond acceptors (Lipinski definition) is 6. The summed E-state index contributed by atoms with van der Waals surface area (Å²) < 4.78 is 11.3. The van der Waals surface area contributed by atoms with E-state index in [1.165, 1.54) is 0 Å². The van der Waals surface area contributed by atoms with Gasteiger partial charge >= 0.3 is 0 Å².